The van der Waals surface area contributed by atoms with Gasteiger partial charge in [-0.3, -0.25) is 19.8 Å². The van der Waals surface area contributed by atoms with Crippen molar-refractivity contribution >= 4 is 30.1 Å². The number of nitrogens with zero attached hydrogens (tertiary/aromatic N) is 1. The Morgan fingerprint density at radius 1 is 1.25 bits per heavy atom. The van der Waals surface area contributed by atoms with Gasteiger partial charge < -0.3 is 10.1 Å². The average molecular weight is 387 g/mol. The van der Waals surface area contributed by atoms with E-state index in [9.17, 15) is 24.0 Å². The molecule has 148 valence electrons. The number of benzene rings is 1. The number of carbonyl (C=O) groups excluding carboxylic acids is 5. The second kappa shape index (κ2) is 7.79. The van der Waals surface area contributed by atoms with E-state index < -0.39 is 36.0 Å². The fraction of sp³-hybridized carbons (Fsp3) is 0.421. The summed E-state index contributed by atoms with van der Waals surface area (Å²) in [6, 6.07) is 5.00. The van der Waals surface area contributed by atoms with Crippen LogP contribution in [0.25, 0.3) is 0 Å². The first-order chi connectivity index (χ1) is 13.3. The summed E-state index contributed by atoms with van der Waals surface area (Å²) in [5.41, 5.74) is 1.80. The van der Waals surface area contributed by atoms with Gasteiger partial charge in [-0.25, -0.2) is 9.59 Å². The molecule has 2 fully saturated rings. The van der Waals surface area contributed by atoms with Crippen molar-refractivity contribution < 1.29 is 28.7 Å². The molecule has 0 bridgehead atoms. The van der Waals surface area contributed by atoms with E-state index in [1.54, 1.807) is 0 Å². The normalized spacial score (nSPS) is 24.0. The number of hydrogen-bond acceptors (Lipinski definition) is 6. The minimum Gasteiger partial charge on any atom is -0.452 e. The lowest BCUT2D eigenvalue weighted by atomic mass is 9.77. The van der Waals surface area contributed by atoms with Crippen molar-refractivity contribution in [3.05, 3.63) is 35.4 Å². The van der Waals surface area contributed by atoms with Gasteiger partial charge in [0.2, 0.25) is 0 Å². The Labute approximate surface area is 161 Å². The van der Waals surface area contributed by atoms with E-state index in [1.165, 1.54) is 24.3 Å². The molecule has 0 unspecified atom stereocenters. The lowest BCUT2D eigenvalue weighted by Crippen LogP contribution is -2.52. The third-order valence-electron chi connectivity index (χ3n) is 5.14. The first-order valence-electron chi connectivity index (χ1n) is 9.03. The Hall–Kier alpha value is -3.23. The number of aldehydes is 1. The molecule has 1 aromatic rings. The standard InChI is InChI=1S/C19H21N3O6/c1-12-6-8-19(9-7-12)17(26)22(18(27)20-19)21-15(24)11-28-16(25)14-4-2-13(10-23)3-5-14/h2-5,10,12H,6-9,11H2,1H3,(H,20,27)(H,21,24). The lowest BCUT2D eigenvalue weighted by molar-refractivity contribution is -0.141. The third kappa shape index (κ3) is 3.88. The summed E-state index contributed by atoms with van der Waals surface area (Å²) < 4.78 is 4.89. The fourth-order valence-electron chi connectivity index (χ4n) is 3.38. The number of urea groups is 1. The van der Waals surface area contributed by atoms with Crippen LogP contribution < -0.4 is 10.7 Å². The van der Waals surface area contributed by atoms with E-state index in [4.69, 9.17) is 4.74 Å². The first-order valence-corrected chi connectivity index (χ1v) is 9.03. The molecule has 0 radical (unpaired) electrons. The van der Waals surface area contributed by atoms with Crippen molar-refractivity contribution in [3.8, 4) is 0 Å². The maximum Gasteiger partial charge on any atom is 0.344 e. The molecule has 1 aromatic carbocycles. The Morgan fingerprint density at radius 2 is 1.89 bits per heavy atom. The van der Waals surface area contributed by atoms with Gasteiger partial charge in [0.1, 0.15) is 11.8 Å². The van der Waals surface area contributed by atoms with Gasteiger partial charge in [-0.15, -0.1) is 0 Å². The number of ether oxygens (including phenoxy) is 1. The highest BCUT2D eigenvalue weighted by molar-refractivity contribution is 6.08. The molecule has 1 spiro atoms. The zero-order valence-electron chi connectivity index (χ0n) is 15.4. The van der Waals surface area contributed by atoms with Crippen LogP contribution >= 0.6 is 0 Å². The quantitative estimate of drug-likeness (QED) is 0.445. The van der Waals surface area contributed by atoms with Crippen LogP contribution in [0.2, 0.25) is 0 Å². The van der Waals surface area contributed by atoms with Crippen molar-refractivity contribution in [2.45, 2.75) is 38.1 Å². The molecule has 28 heavy (non-hydrogen) atoms. The van der Waals surface area contributed by atoms with Crippen LogP contribution in [0.5, 0.6) is 0 Å². The van der Waals surface area contributed by atoms with E-state index in [1.807, 2.05) is 0 Å². The van der Waals surface area contributed by atoms with Gasteiger partial charge in [0.15, 0.2) is 6.61 Å². The number of esters is 1. The van der Waals surface area contributed by atoms with Gasteiger partial charge in [0.25, 0.3) is 11.8 Å². The molecular weight excluding hydrogens is 366 g/mol. The van der Waals surface area contributed by atoms with E-state index in [0.29, 0.717) is 35.6 Å². The zero-order chi connectivity index (χ0) is 20.3. The monoisotopic (exact) mass is 387 g/mol. The highest BCUT2D eigenvalue weighted by Gasteiger charge is 2.52. The molecule has 1 aliphatic heterocycles. The summed E-state index contributed by atoms with van der Waals surface area (Å²) in [6.45, 7) is 1.43. The van der Waals surface area contributed by atoms with Gasteiger partial charge in [0.05, 0.1) is 5.56 Å². The molecule has 1 saturated heterocycles. The molecule has 0 aromatic heterocycles. The first kappa shape index (κ1) is 19.5. The number of amides is 4. The Bertz CT molecular complexity index is 811. The summed E-state index contributed by atoms with van der Waals surface area (Å²) >= 11 is 0. The predicted octanol–water partition coefficient (Wildman–Crippen LogP) is 1.19. The second-order valence-electron chi connectivity index (χ2n) is 7.19. The van der Waals surface area contributed by atoms with Crippen molar-refractivity contribution in [3.63, 3.8) is 0 Å². The second-order valence-corrected chi connectivity index (χ2v) is 7.19. The zero-order valence-corrected chi connectivity index (χ0v) is 15.4. The van der Waals surface area contributed by atoms with E-state index >= 15 is 0 Å². The number of imide groups is 1. The number of hydrogen-bond donors (Lipinski definition) is 2. The van der Waals surface area contributed by atoms with Gasteiger partial charge >= 0.3 is 12.0 Å². The van der Waals surface area contributed by atoms with Gasteiger partial charge in [-0.1, -0.05) is 19.1 Å². The minimum atomic E-state index is -0.964. The molecule has 1 saturated carbocycles. The Balaban J connectivity index is 1.54. The average Bonchev–Trinajstić information content (AvgIpc) is 2.92. The summed E-state index contributed by atoms with van der Waals surface area (Å²) in [5.74, 6) is -1.57. The molecule has 0 atom stereocenters. The van der Waals surface area contributed by atoms with E-state index in [2.05, 4.69) is 17.7 Å². The molecule has 9 heteroatoms. The molecule has 2 aliphatic rings. The highest BCUT2D eigenvalue weighted by atomic mass is 16.5. The summed E-state index contributed by atoms with van der Waals surface area (Å²) in [5, 5.41) is 3.34. The molecular formula is C19H21N3O6. The van der Waals surface area contributed by atoms with Crippen LogP contribution in [-0.4, -0.2) is 47.3 Å². The Kier molecular flexibility index (Phi) is 5.43. The minimum absolute atomic E-state index is 0.170. The fourth-order valence-corrected chi connectivity index (χ4v) is 3.38. The molecule has 1 heterocycles. The van der Waals surface area contributed by atoms with Crippen LogP contribution in [0.1, 0.15) is 53.3 Å². The van der Waals surface area contributed by atoms with Gasteiger partial charge in [0, 0.05) is 5.56 Å². The van der Waals surface area contributed by atoms with Crippen LogP contribution in [0.4, 0.5) is 4.79 Å². The summed E-state index contributed by atoms with van der Waals surface area (Å²) in [7, 11) is 0. The molecule has 9 nitrogen and oxygen atoms in total. The number of carbonyl (C=O) groups is 5. The summed E-state index contributed by atoms with van der Waals surface area (Å²) in [6.07, 6.45) is 3.32. The van der Waals surface area contributed by atoms with Crippen LogP contribution in [0.15, 0.2) is 24.3 Å². The SMILES string of the molecule is CC1CCC2(CC1)NC(=O)N(NC(=O)COC(=O)c1ccc(C=O)cc1)C2=O. The molecule has 3 rings (SSSR count). The number of rotatable bonds is 5. The lowest BCUT2D eigenvalue weighted by Gasteiger charge is -2.33. The van der Waals surface area contributed by atoms with Gasteiger partial charge in [-0.2, -0.15) is 5.01 Å². The molecule has 1 aliphatic carbocycles. The molecule has 2 N–H and O–H groups in total. The van der Waals surface area contributed by atoms with Crippen molar-refractivity contribution in [2.24, 2.45) is 5.92 Å². The van der Waals surface area contributed by atoms with Crippen molar-refractivity contribution in [2.75, 3.05) is 6.61 Å². The van der Waals surface area contributed by atoms with Crippen LogP contribution in [0.3, 0.4) is 0 Å². The van der Waals surface area contributed by atoms with Crippen molar-refractivity contribution in [1.29, 1.82) is 0 Å². The van der Waals surface area contributed by atoms with Gasteiger partial charge in [-0.05, 0) is 43.7 Å². The maximum atomic E-state index is 12.6. The van der Waals surface area contributed by atoms with Crippen LogP contribution in [-0.2, 0) is 14.3 Å². The summed E-state index contributed by atoms with van der Waals surface area (Å²) in [4.78, 5) is 59.4. The maximum absolute atomic E-state index is 12.6. The number of nitrogens with one attached hydrogen (secondary N) is 2. The van der Waals surface area contributed by atoms with Crippen LogP contribution in [0, 0.1) is 5.92 Å². The smallest absolute Gasteiger partial charge is 0.344 e. The number of hydrazine groups is 1. The van der Waals surface area contributed by atoms with E-state index in [-0.39, 0.29) is 5.56 Å². The van der Waals surface area contributed by atoms with E-state index in [0.717, 1.165) is 12.8 Å². The topological polar surface area (TPSA) is 122 Å². The largest absolute Gasteiger partial charge is 0.452 e. The molecule has 4 amide bonds. The highest BCUT2D eigenvalue weighted by Crippen LogP contribution is 2.35. The Morgan fingerprint density at radius 3 is 2.50 bits per heavy atom. The van der Waals surface area contributed by atoms with Crippen molar-refractivity contribution in [1.82, 2.24) is 15.8 Å². The predicted molar refractivity (Wildman–Crippen MR) is 96.0 cm³/mol. The third-order valence-corrected chi connectivity index (χ3v) is 5.14.